The van der Waals surface area contributed by atoms with Crippen molar-refractivity contribution in [1.29, 1.82) is 0 Å². The molecular formula is C12H11ClN6O. The van der Waals surface area contributed by atoms with Gasteiger partial charge in [-0.25, -0.2) is 4.98 Å². The number of aromatic nitrogens is 5. The molecule has 0 amide bonds. The summed E-state index contributed by atoms with van der Waals surface area (Å²) in [5.41, 5.74) is 0. The molecule has 0 radical (unpaired) electrons. The molecule has 3 rings (SSSR count). The van der Waals surface area contributed by atoms with E-state index in [2.05, 4.69) is 19.9 Å². The molecule has 3 heterocycles. The van der Waals surface area contributed by atoms with Gasteiger partial charge in [0.15, 0.2) is 0 Å². The third kappa shape index (κ3) is 2.62. The smallest absolute Gasteiger partial charge is 0.241 e. The van der Waals surface area contributed by atoms with Gasteiger partial charge in [-0.3, -0.25) is 4.57 Å². The van der Waals surface area contributed by atoms with Crippen LogP contribution in [0.15, 0.2) is 41.5 Å². The van der Waals surface area contributed by atoms with Crippen LogP contribution >= 0.6 is 11.6 Å². The molecule has 0 fully saturated rings. The highest BCUT2D eigenvalue weighted by atomic mass is 35.5. The van der Waals surface area contributed by atoms with Crippen LogP contribution in [0.4, 0.5) is 5.95 Å². The van der Waals surface area contributed by atoms with Gasteiger partial charge in [-0.05, 0) is 23.7 Å². The second kappa shape index (κ2) is 5.30. The van der Waals surface area contributed by atoms with Crippen LogP contribution < -0.4 is 4.90 Å². The van der Waals surface area contributed by atoms with Crippen molar-refractivity contribution < 1.29 is 4.42 Å². The molecule has 0 atom stereocenters. The number of hydrogen-bond acceptors (Lipinski definition) is 6. The van der Waals surface area contributed by atoms with Crippen molar-refractivity contribution in [2.24, 2.45) is 0 Å². The van der Waals surface area contributed by atoms with Gasteiger partial charge < -0.3 is 9.32 Å². The molecule has 7 nitrogen and oxygen atoms in total. The summed E-state index contributed by atoms with van der Waals surface area (Å²) in [4.78, 5) is 18.3. The van der Waals surface area contributed by atoms with E-state index >= 15 is 0 Å². The molecule has 20 heavy (non-hydrogen) atoms. The molecule has 0 saturated heterocycles. The largest absolute Gasteiger partial charge is 0.467 e. The number of furan rings is 1. The maximum Gasteiger partial charge on any atom is 0.241 e. The Morgan fingerprint density at radius 2 is 2.25 bits per heavy atom. The van der Waals surface area contributed by atoms with Crippen LogP contribution in [-0.4, -0.2) is 31.6 Å². The zero-order chi connectivity index (χ0) is 13.9. The highest BCUT2D eigenvalue weighted by molar-refractivity contribution is 6.28. The van der Waals surface area contributed by atoms with E-state index in [1.54, 1.807) is 29.6 Å². The average Bonchev–Trinajstić information content (AvgIpc) is 3.11. The lowest BCUT2D eigenvalue weighted by molar-refractivity contribution is 0.506. The van der Waals surface area contributed by atoms with Gasteiger partial charge in [0.05, 0.1) is 12.8 Å². The van der Waals surface area contributed by atoms with Crippen LogP contribution in [0.25, 0.3) is 5.95 Å². The normalized spacial score (nSPS) is 10.7. The van der Waals surface area contributed by atoms with E-state index in [1.165, 1.54) is 0 Å². The van der Waals surface area contributed by atoms with Crippen LogP contribution in [0, 0.1) is 0 Å². The summed E-state index contributed by atoms with van der Waals surface area (Å²) in [6.45, 7) is 0.538. The van der Waals surface area contributed by atoms with Gasteiger partial charge in [0.25, 0.3) is 0 Å². The predicted octanol–water partition coefficient (Wildman–Crippen LogP) is 1.94. The van der Waals surface area contributed by atoms with Gasteiger partial charge in [-0.15, -0.1) is 0 Å². The Morgan fingerprint density at radius 3 is 2.95 bits per heavy atom. The first-order valence-electron chi connectivity index (χ1n) is 5.86. The molecule has 0 aliphatic rings. The van der Waals surface area contributed by atoms with Crippen LogP contribution in [0.2, 0.25) is 5.28 Å². The van der Waals surface area contributed by atoms with E-state index < -0.39 is 0 Å². The van der Waals surface area contributed by atoms with Crippen molar-refractivity contribution in [3.05, 3.63) is 48.2 Å². The molecular weight excluding hydrogens is 280 g/mol. The molecule has 3 aromatic heterocycles. The van der Waals surface area contributed by atoms with Crippen molar-refractivity contribution in [1.82, 2.24) is 24.5 Å². The Balaban J connectivity index is 1.89. The highest BCUT2D eigenvalue weighted by Gasteiger charge is 2.11. The van der Waals surface area contributed by atoms with E-state index in [0.29, 0.717) is 18.4 Å². The molecule has 0 unspecified atom stereocenters. The monoisotopic (exact) mass is 290 g/mol. The maximum absolute atomic E-state index is 5.95. The minimum Gasteiger partial charge on any atom is -0.467 e. The highest BCUT2D eigenvalue weighted by Crippen LogP contribution is 2.14. The SMILES string of the molecule is CN(Cc1ccco1)c1nc(Cl)nc(-n2ccnc2)n1. The summed E-state index contributed by atoms with van der Waals surface area (Å²) in [6.07, 6.45) is 6.61. The number of nitrogens with zero attached hydrogens (tertiary/aromatic N) is 6. The topological polar surface area (TPSA) is 72.9 Å². The third-order valence-electron chi connectivity index (χ3n) is 2.63. The van der Waals surface area contributed by atoms with Gasteiger partial charge in [0.2, 0.25) is 17.2 Å². The van der Waals surface area contributed by atoms with Crippen LogP contribution in [-0.2, 0) is 6.54 Å². The second-order valence-corrected chi connectivity index (χ2v) is 4.45. The quantitative estimate of drug-likeness (QED) is 0.731. The van der Waals surface area contributed by atoms with E-state index in [1.807, 2.05) is 24.1 Å². The van der Waals surface area contributed by atoms with Crippen molar-refractivity contribution in [2.75, 3.05) is 11.9 Å². The third-order valence-corrected chi connectivity index (χ3v) is 2.80. The number of imidazole rings is 1. The Kier molecular flexibility index (Phi) is 3.34. The standard InChI is InChI=1S/C12H11ClN6O/c1-18(7-9-3-2-6-20-9)11-15-10(13)16-12(17-11)19-5-4-14-8-19/h2-6,8H,7H2,1H3. The number of rotatable bonds is 4. The Labute approximate surface area is 119 Å². The van der Waals surface area contributed by atoms with Gasteiger partial charge in [0.1, 0.15) is 12.1 Å². The van der Waals surface area contributed by atoms with E-state index in [9.17, 15) is 0 Å². The summed E-state index contributed by atoms with van der Waals surface area (Å²) in [5, 5.41) is 0.130. The molecule has 0 aliphatic carbocycles. The fourth-order valence-electron chi connectivity index (χ4n) is 1.70. The zero-order valence-electron chi connectivity index (χ0n) is 10.6. The molecule has 0 bridgehead atoms. The Bertz CT molecular complexity index is 682. The molecule has 0 saturated carbocycles. The summed E-state index contributed by atoms with van der Waals surface area (Å²) in [6, 6.07) is 3.72. The van der Waals surface area contributed by atoms with E-state index in [0.717, 1.165) is 5.76 Å². The lowest BCUT2D eigenvalue weighted by atomic mass is 10.4. The first kappa shape index (κ1) is 12.6. The fraction of sp³-hybridized carbons (Fsp3) is 0.167. The molecule has 0 spiro atoms. The van der Waals surface area contributed by atoms with Crippen molar-refractivity contribution in [3.63, 3.8) is 0 Å². The van der Waals surface area contributed by atoms with Crippen molar-refractivity contribution in [3.8, 4) is 5.95 Å². The van der Waals surface area contributed by atoms with Crippen LogP contribution in [0.1, 0.15) is 5.76 Å². The van der Waals surface area contributed by atoms with Crippen LogP contribution in [0.5, 0.6) is 0 Å². The first-order valence-corrected chi connectivity index (χ1v) is 6.23. The summed E-state index contributed by atoms with van der Waals surface area (Å²) >= 11 is 5.95. The summed E-state index contributed by atoms with van der Waals surface area (Å²) < 4.78 is 6.96. The Morgan fingerprint density at radius 1 is 1.35 bits per heavy atom. The lowest BCUT2D eigenvalue weighted by Crippen LogP contribution is -2.20. The zero-order valence-corrected chi connectivity index (χ0v) is 11.4. The van der Waals surface area contributed by atoms with E-state index in [-0.39, 0.29) is 5.28 Å². The molecule has 0 aliphatic heterocycles. The molecule has 0 N–H and O–H groups in total. The molecule has 0 aromatic carbocycles. The first-order chi connectivity index (χ1) is 9.72. The molecule has 3 aromatic rings. The van der Waals surface area contributed by atoms with Crippen molar-refractivity contribution >= 4 is 17.5 Å². The number of anilines is 1. The predicted molar refractivity (Wildman–Crippen MR) is 72.8 cm³/mol. The Hall–Kier alpha value is -2.41. The van der Waals surface area contributed by atoms with Gasteiger partial charge in [0, 0.05) is 19.4 Å². The molecule has 8 heteroatoms. The van der Waals surface area contributed by atoms with Gasteiger partial charge >= 0.3 is 0 Å². The number of hydrogen-bond donors (Lipinski definition) is 0. The van der Waals surface area contributed by atoms with E-state index in [4.69, 9.17) is 16.0 Å². The minimum absolute atomic E-state index is 0.130. The summed E-state index contributed by atoms with van der Waals surface area (Å²) in [5.74, 6) is 1.70. The lowest BCUT2D eigenvalue weighted by Gasteiger charge is -2.16. The minimum atomic E-state index is 0.130. The van der Waals surface area contributed by atoms with Crippen LogP contribution in [0.3, 0.4) is 0 Å². The number of halogens is 1. The van der Waals surface area contributed by atoms with Crippen molar-refractivity contribution in [2.45, 2.75) is 6.54 Å². The fourth-order valence-corrected chi connectivity index (χ4v) is 1.85. The van der Waals surface area contributed by atoms with Gasteiger partial charge in [-0.2, -0.15) is 15.0 Å². The van der Waals surface area contributed by atoms with Gasteiger partial charge in [-0.1, -0.05) is 0 Å². The second-order valence-electron chi connectivity index (χ2n) is 4.11. The summed E-state index contributed by atoms with van der Waals surface area (Å²) in [7, 11) is 1.85. The molecule has 102 valence electrons. The average molecular weight is 291 g/mol. The maximum atomic E-state index is 5.95.